The quantitative estimate of drug-likeness (QED) is 0.634. The van der Waals surface area contributed by atoms with Crippen LogP contribution in [-0.2, 0) is 13.8 Å². The highest BCUT2D eigenvalue weighted by Gasteiger charge is 2.30. The molecule has 2 atom stereocenters. The Hall–Kier alpha value is -0.970. The minimum absolute atomic E-state index is 0.278. The van der Waals surface area contributed by atoms with Crippen molar-refractivity contribution in [1.29, 1.82) is 0 Å². The maximum atomic E-state index is 13.3. The van der Waals surface area contributed by atoms with E-state index in [1.165, 1.54) is 11.8 Å². The number of halogens is 1. The van der Waals surface area contributed by atoms with E-state index >= 15 is 0 Å². The van der Waals surface area contributed by atoms with Crippen molar-refractivity contribution < 1.29 is 28.0 Å². The molecule has 9 nitrogen and oxygen atoms in total. The molecule has 20 heavy (non-hydrogen) atoms. The molecule has 0 spiro atoms. The number of phosphoric ester groups is 1. The highest BCUT2D eigenvalue weighted by molar-refractivity contribution is 8.00. The van der Waals surface area contributed by atoms with Gasteiger partial charge in [0.05, 0.1) is 12.8 Å². The summed E-state index contributed by atoms with van der Waals surface area (Å²) in [5.74, 6) is -1.08. The number of anilines is 1. The molecule has 0 radical (unpaired) electrons. The molecular weight excluding hydrogens is 316 g/mol. The van der Waals surface area contributed by atoms with E-state index in [2.05, 4.69) is 9.51 Å². The summed E-state index contributed by atoms with van der Waals surface area (Å²) in [4.78, 5) is 32.0. The number of ether oxygens (including phenoxy) is 1. The fraction of sp³-hybridized carbons (Fsp3) is 0.500. The molecule has 2 unspecified atom stereocenters. The molecule has 1 fully saturated rings. The molecule has 1 aromatic rings. The lowest BCUT2D eigenvalue weighted by Crippen LogP contribution is -2.29. The van der Waals surface area contributed by atoms with Gasteiger partial charge in [0, 0.05) is 5.75 Å². The first-order valence-electron chi connectivity index (χ1n) is 5.27. The lowest BCUT2D eigenvalue weighted by molar-refractivity contribution is -0.00691. The number of hydrogen-bond donors (Lipinski definition) is 3. The van der Waals surface area contributed by atoms with Crippen LogP contribution in [0.25, 0.3) is 0 Å². The molecule has 0 aliphatic carbocycles. The summed E-state index contributed by atoms with van der Waals surface area (Å²) in [5.41, 5.74) is 3.71. The first-order valence-corrected chi connectivity index (χ1v) is 7.85. The van der Waals surface area contributed by atoms with Gasteiger partial charge in [-0.1, -0.05) is 0 Å². The Bertz CT molecular complexity index is 606. The maximum Gasteiger partial charge on any atom is 0.469 e. The molecule has 1 aliphatic rings. The fourth-order valence-electron chi connectivity index (χ4n) is 1.50. The highest BCUT2D eigenvalue weighted by atomic mass is 32.2. The van der Waals surface area contributed by atoms with Crippen LogP contribution in [0.1, 0.15) is 6.23 Å². The predicted molar refractivity (Wildman–Crippen MR) is 67.2 cm³/mol. The van der Waals surface area contributed by atoms with Crippen molar-refractivity contribution in [3.05, 3.63) is 22.5 Å². The van der Waals surface area contributed by atoms with Crippen molar-refractivity contribution in [1.82, 2.24) is 9.55 Å². The molecule has 2 heterocycles. The number of thioether (sulfide) groups is 1. The molecule has 4 N–H and O–H groups in total. The second-order valence-corrected chi connectivity index (χ2v) is 6.24. The zero-order valence-corrected chi connectivity index (χ0v) is 11.6. The Morgan fingerprint density at radius 3 is 3.05 bits per heavy atom. The van der Waals surface area contributed by atoms with Gasteiger partial charge < -0.3 is 20.3 Å². The topological polar surface area (TPSA) is 137 Å². The summed E-state index contributed by atoms with van der Waals surface area (Å²) in [7, 11) is -4.58. The number of nitrogens with two attached hydrogens (primary N) is 1. The fourth-order valence-corrected chi connectivity index (χ4v) is 2.92. The van der Waals surface area contributed by atoms with Gasteiger partial charge in [0.25, 0.3) is 0 Å². The van der Waals surface area contributed by atoms with E-state index in [4.69, 9.17) is 20.3 Å². The molecule has 0 bridgehead atoms. The second-order valence-electron chi connectivity index (χ2n) is 3.80. The lowest BCUT2D eigenvalue weighted by Gasteiger charge is -2.15. The number of nitrogens with zero attached hydrogens (tertiary/aromatic N) is 2. The lowest BCUT2D eigenvalue weighted by atomic mass is 10.5. The van der Waals surface area contributed by atoms with E-state index < -0.39 is 36.8 Å². The van der Waals surface area contributed by atoms with Crippen molar-refractivity contribution in [2.24, 2.45) is 0 Å². The number of nitrogen functional groups attached to an aromatic ring is 1. The summed E-state index contributed by atoms with van der Waals surface area (Å²) in [6.07, 6.45) is 0.0720. The van der Waals surface area contributed by atoms with Gasteiger partial charge in [-0.25, -0.2) is 13.8 Å². The molecule has 2 rings (SSSR count). The van der Waals surface area contributed by atoms with Gasteiger partial charge in [-0.2, -0.15) is 4.98 Å². The van der Waals surface area contributed by atoms with E-state index in [0.717, 1.165) is 10.8 Å². The first-order chi connectivity index (χ1) is 9.26. The highest BCUT2D eigenvalue weighted by Crippen LogP contribution is 2.39. The maximum absolute atomic E-state index is 13.3. The van der Waals surface area contributed by atoms with Gasteiger partial charge in [-0.3, -0.25) is 9.09 Å². The molecule has 0 amide bonds. The van der Waals surface area contributed by atoms with Crippen LogP contribution in [0, 0.1) is 5.82 Å². The molecule has 1 aromatic heterocycles. The standard InChI is InChI=1S/C8H11FN3O6PS/c9-4-1-12(8(13)11-7(4)10)5-3-20-6(18-5)2-17-19(14,15)16/h1,5-6H,2-3H2,(H2,10,11,13)(H2,14,15,16). The second kappa shape index (κ2) is 5.80. The third kappa shape index (κ3) is 3.78. The summed E-state index contributed by atoms with van der Waals surface area (Å²) in [6.45, 7) is -0.356. The van der Waals surface area contributed by atoms with Crippen LogP contribution in [0.4, 0.5) is 10.2 Å². The van der Waals surface area contributed by atoms with Gasteiger partial charge in [0.2, 0.25) is 0 Å². The Morgan fingerprint density at radius 1 is 1.70 bits per heavy atom. The predicted octanol–water partition coefficient (Wildman–Crippen LogP) is -0.338. The van der Waals surface area contributed by atoms with Crippen LogP contribution in [0.3, 0.4) is 0 Å². The van der Waals surface area contributed by atoms with Gasteiger partial charge in [0.15, 0.2) is 11.6 Å². The van der Waals surface area contributed by atoms with E-state index in [1.807, 2.05) is 0 Å². The van der Waals surface area contributed by atoms with Crippen LogP contribution < -0.4 is 11.4 Å². The Labute approximate surface area is 116 Å². The molecule has 12 heteroatoms. The number of phosphoric acid groups is 1. The first kappa shape index (κ1) is 15.4. The summed E-state index contributed by atoms with van der Waals surface area (Å²) >= 11 is 1.17. The van der Waals surface area contributed by atoms with Crippen molar-refractivity contribution in [2.45, 2.75) is 11.7 Å². The van der Waals surface area contributed by atoms with Crippen molar-refractivity contribution >= 4 is 25.4 Å². The van der Waals surface area contributed by atoms with E-state index in [1.54, 1.807) is 0 Å². The van der Waals surface area contributed by atoms with E-state index in [9.17, 15) is 13.8 Å². The van der Waals surface area contributed by atoms with Gasteiger partial charge in [-0.05, 0) is 0 Å². The summed E-state index contributed by atoms with van der Waals surface area (Å²) in [6, 6.07) is 0. The third-order valence-corrected chi connectivity index (χ3v) is 3.94. The Kier molecular flexibility index (Phi) is 4.47. The van der Waals surface area contributed by atoms with Gasteiger partial charge in [-0.15, -0.1) is 11.8 Å². The zero-order chi connectivity index (χ0) is 14.9. The Balaban J connectivity index is 2.05. The van der Waals surface area contributed by atoms with Crippen molar-refractivity contribution in [2.75, 3.05) is 18.1 Å². The molecule has 0 aromatic carbocycles. The average Bonchev–Trinajstić information content (AvgIpc) is 2.79. The number of rotatable bonds is 4. The van der Waals surface area contributed by atoms with E-state index in [-0.39, 0.29) is 12.4 Å². The SMILES string of the molecule is Nc1nc(=O)n(C2CSC(COP(=O)(O)O)O2)cc1F. The van der Waals surface area contributed by atoms with Crippen LogP contribution >= 0.6 is 19.6 Å². The van der Waals surface area contributed by atoms with Crippen LogP contribution in [0.2, 0.25) is 0 Å². The minimum Gasteiger partial charge on any atom is -0.381 e. The van der Waals surface area contributed by atoms with Gasteiger partial charge in [0.1, 0.15) is 11.7 Å². The smallest absolute Gasteiger partial charge is 0.381 e. The van der Waals surface area contributed by atoms with Crippen molar-refractivity contribution in [3.63, 3.8) is 0 Å². The largest absolute Gasteiger partial charge is 0.469 e. The summed E-state index contributed by atoms with van der Waals surface area (Å²) < 4.78 is 34.4. The monoisotopic (exact) mass is 327 g/mol. The zero-order valence-electron chi connectivity index (χ0n) is 9.88. The van der Waals surface area contributed by atoms with E-state index in [0.29, 0.717) is 0 Å². The normalized spacial score (nSPS) is 23.1. The summed E-state index contributed by atoms with van der Waals surface area (Å²) in [5, 5.41) is 0. The molecular formula is C8H11FN3O6PS. The molecule has 1 aliphatic heterocycles. The van der Waals surface area contributed by atoms with Crippen LogP contribution in [0.5, 0.6) is 0 Å². The third-order valence-electron chi connectivity index (χ3n) is 2.36. The average molecular weight is 327 g/mol. The number of hydrogen-bond acceptors (Lipinski definition) is 7. The molecule has 112 valence electrons. The number of aromatic nitrogens is 2. The van der Waals surface area contributed by atoms with Gasteiger partial charge >= 0.3 is 13.5 Å². The van der Waals surface area contributed by atoms with Crippen LogP contribution in [0.15, 0.2) is 11.0 Å². The molecule has 0 saturated carbocycles. The Morgan fingerprint density at radius 2 is 2.40 bits per heavy atom. The van der Waals surface area contributed by atoms with Crippen molar-refractivity contribution in [3.8, 4) is 0 Å². The minimum atomic E-state index is -4.58. The van der Waals surface area contributed by atoms with Crippen LogP contribution in [-0.4, -0.2) is 37.1 Å². The molecule has 1 saturated heterocycles.